The first kappa shape index (κ1) is 21.3. The van der Waals surface area contributed by atoms with Gasteiger partial charge in [0.05, 0.1) is 12.1 Å². The lowest BCUT2D eigenvalue weighted by Gasteiger charge is -2.34. The van der Waals surface area contributed by atoms with Gasteiger partial charge in [-0.15, -0.1) is 11.3 Å². The standard InChI is InChI=1S/C24H26N4O2S2/c29-21(25-18-6-2-1-3-7-18)16-26-11-13-27(14-12-26)23(30)22-19-8-15-31-17-20(19)32-24(22)28-9-4-5-10-28/h1-7,9-10H,8,11-17H2,(H,25,29). The first-order valence-corrected chi connectivity index (χ1v) is 12.9. The van der Waals surface area contributed by atoms with E-state index < -0.39 is 0 Å². The van der Waals surface area contributed by atoms with Gasteiger partial charge in [0.2, 0.25) is 5.91 Å². The zero-order chi connectivity index (χ0) is 21.9. The van der Waals surface area contributed by atoms with Crippen LogP contribution in [0.2, 0.25) is 0 Å². The summed E-state index contributed by atoms with van der Waals surface area (Å²) >= 11 is 3.70. The van der Waals surface area contributed by atoms with Gasteiger partial charge in [0, 0.05) is 54.9 Å². The molecule has 3 aromatic rings. The SMILES string of the molecule is O=C(CN1CCN(C(=O)c2c(-n3cccc3)sc3c2CCSC3)CC1)Nc1ccccc1. The van der Waals surface area contributed by atoms with Crippen LogP contribution in [0, 0.1) is 0 Å². The van der Waals surface area contributed by atoms with E-state index in [1.807, 2.05) is 71.5 Å². The van der Waals surface area contributed by atoms with Crippen LogP contribution < -0.4 is 5.32 Å². The van der Waals surface area contributed by atoms with Gasteiger partial charge in [-0.05, 0) is 42.0 Å². The van der Waals surface area contributed by atoms with E-state index in [9.17, 15) is 9.59 Å². The molecule has 32 heavy (non-hydrogen) atoms. The molecule has 0 radical (unpaired) electrons. The Bertz CT molecular complexity index is 1090. The number of fused-ring (bicyclic) bond motifs is 1. The summed E-state index contributed by atoms with van der Waals surface area (Å²) in [7, 11) is 0. The van der Waals surface area contributed by atoms with Gasteiger partial charge in [-0.2, -0.15) is 11.8 Å². The summed E-state index contributed by atoms with van der Waals surface area (Å²) < 4.78 is 2.07. The number of benzene rings is 1. The fourth-order valence-corrected chi connectivity index (χ4v) is 6.72. The van der Waals surface area contributed by atoms with Crippen molar-refractivity contribution in [3.8, 4) is 5.00 Å². The molecular weight excluding hydrogens is 440 g/mol. The van der Waals surface area contributed by atoms with E-state index in [0.29, 0.717) is 32.7 Å². The average molecular weight is 467 g/mol. The number of aromatic nitrogens is 1. The minimum atomic E-state index is -0.0183. The topological polar surface area (TPSA) is 57.6 Å². The summed E-state index contributed by atoms with van der Waals surface area (Å²) in [5, 5.41) is 3.98. The lowest BCUT2D eigenvalue weighted by molar-refractivity contribution is -0.117. The Balaban J connectivity index is 1.25. The van der Waals surface area contributed by atoms with E-state index in [2.05, 4.69) is 14.8 Å². The molecule has 1 aromatic carbocycles. The molecule has 0 unspecified atom stereocenters. The predicted octanol–water partition coefficient (Wildman–Crippen LogP) is 3.72. The number of carbonyl (C=O) groups excluding carboxylic acids is 2. The lowest BCUT2D eigenvalue weighted by atomic mass is 10.1. The highest BCUT2D eigenvalue weighted by atomic mass is 32.2. The maximum absolute atomic E-state index is 13.6. The molecule has 8 heteroatoms. The number of piperazine rings is 1. The molecular formula is C24H26N4O2S2. The molecule has 1 saturated heterocycles. The monoisotopic (exact) mass is 466 g/mol. The molecule has 6 nitrogen and oxygen atoms in total. The molecule has 1 fully saturated rings. The second kappa shape index (κ2) is 9.52. The Morgan fingerprint density at radius 1 is 0.969 bits per heavy atom. The third kappa shape index (κ3) is 4.48. The molecule has 166 valence electrons. The molecule has 2 aromatic heterocycles. The first-order chi connectivity index (χ1) is 15.7. The minimum absolute atomic E-state index is 0.0183. The van der Waals surface area contributed by atoms with Gasteiger partial charge >= 0.3 is 0 Å². The zero-order valence-electron chi connectivity index (χ0n) is 17.8. The van der Waals surface area contributed by atoms with Crippen LogP contribution in [0.15, 0.2) is 54.9 Å². The third-order valence-corrected chi connectivity index (χ3v) is 8.35. The molecule has 0 atom stereocenters. The Labute approximate surface area is 196 Å². The second-order valence-corrected chi connectivity index (χ2v) is 10.2. The number of nitrogens with zero attached hydrogens (tertiary/aromatic N) is 3. The van der Waals surface area contributed by atoms with Crippen molar-refractivity contribution in [3.63, 3.8) is 0 Å². The van der Waals surface area contributed by atoms with Gasteiger partial charge < -0.3 is 14.8 Å². The summed E-state index contributed by atoms with van der Waals surface area (Å²) in [6.45, 7) is 3.03. The third-order valence-electron chi connectivity index (χ3n) is 5.94. The summed E-state index contributed by atoms with van der Waals surface area (Å²) in [5.41, 5.74) is 2.94. The van der Waals surface area contributed by atoms with Crippen LogP contribution in [0.3, 0.4) is 0 Å². The van der Waals surface area contributed by atoms with Crippen molar-refractivity contribution in [3.05, 3.63) is 70.9 Å². The van der Waals surface area contributed by atoms with Crippen molar-refractivity contribution >= 4 is 40.6 Å². The van der Waals surface area contributed by atoms with E-state index in [1.165, 1.54) is 10.4 Å². The number of para-hydroxylation sites is 1. The number of hydrogen-bond donors (Lipinski definition) is 1. The Morgan fingerprint density at radius 2 is 1.72 bits per heavy atom. The van der Waals surface area contributed by atoms with E-state index in [-0.39, 0.29) is 11.8 Å². The van der Waals surface area contributed by atoms with Crippen LogP contribution in [-0.4, -0.2) is 64.7 Å². The number of thioether (sulfide) groups is 1. The van der Waals surface area contributed by atoms with Gasteiger partial charge in [-0.3, -0.25) is 14.5 Å². The highest BCUT2D eigenvalue weighted by Gasteiger charge is 2.31. The van der Waals surface area contributed by atoms with Crippen LogP contribution in [0.4, 0.5) is 5.69 Å². The number of thiophene rings is 1. The molecule has 1 N–H and O–H groups in total. The molecule has 0 bridgehead atoms. The predicted molar refractivity (Wildman–Crippen MR) is 131 cm³/mol. The van der Waals surface area contributed by atoms with Crippen LogP contribution in [0.25, 0.3) is 5.00 Å². The van der Waals surface area contributed by atoms with Crippen LogP contribution >= 0.6 is 23.1 Å². The van der Waals surface area contributed by atoms with Crippen molar-refractivity contribution in [1.29, 1.82) is 0 Å². The highest BCUT2D eigenvalue weighted by Crippen LogP contribution is 2.39. The Hall–Kier alpha value is -2.55. The van der Waals surface area contributed by atoms with Gasteiger partial charge in [0.15, 0.2) is 0 Å². The van der Waals surface area contributed by atoms with E-state index in [0.717, 1.165) is 34.2 Å². The highest BCUT2D eigenvalue weighted by molar-refractivity contribution is 7.98. The molecule has 0 spiro atoms. The number of hydrogen-bond acceptors (Lipinski definition) is 5. The maximum atomic E-state index is 13.6. The fourth-order valence-electron chi connectivity index (χ4n) is 4.28. The van der Waals surface area contributed by atoms with Crippen molar-refractivity contribution in [2.45, 2.75) is 12.2 Å². The average Bonchev–Trinajstić information content (AvgIpc) is 3.47. The van der Waals surface area contributed by atoms with Crippen molar-refractivity contribution in [1.82, 2.24) is 14.4 Å². The van der Waals surface area contributed by atoms with Gasteiger partial charge in [0.25, 0.3) is 5.91 Å². The summed E-state index contributed by atoms with van der Waals surface area (Å²) in [4.78, 5) is 31.4. The molecule has 0 aliphatic carbocycles. The lowest BCUT2D eigenvalue weighted by Crippen LogP contribution is -2.50. The number of nitrogens with one attached hydrogen (secondary N) is 1. The maximum Gasteiger partial charge on any atom is 0.257 e. The van der Waals surface area contributed by atoms with Crippen molar-refractivity contribution in [2.75, 3.05) is 43.8 Å². The van der Waals surface area contributed by atoms with Crippen molar-refractivity contribution in [2.24, 2.45) is 0 Å². The first-order valence-electron chi connectivity index (χ1n) is 10.9. The van der Waals surface area contributed by atoms with Crippen molar-refractivity contribution < 1.29 is 9.59 Å². The van der Waals surface area contributed by atoms with Gasteiger partial charge in [-0.25, -0.2) is 0 Å². The van der Waals surface area contributed by atoms with Gasteiger partial charge in [0.1, 0.15) is 5.00 Å². The molecule has 0 saturated carbocycles. The molecule has 4 heterocycles. The van der Waals surface area contributed by atoms with Crippen LogP contribution in [-0.2, 0) is 17.0 Å². The molecule has 2 amide bonds. The fraction of sp³-hybridized carbons (Fsp3) is 0.333. The van der Waals surface area contributed by atoms with Gasteiger partial charge in [-0.1, -0.05) is 18.2 Å². The van der Waals surface area contributed by atoms with E-state index >= 15 is 0 Å². The molecule has 5 rings (SSSR count). The summed E-state index contributed by atoms with van der Waals surface area (Å²) in [5.74, 6) is 2.17. The Morgan fingerprint density at radius 3 is 2.47 bits per heavy atom. The van der Waals surface area contributed by atoms with Crippen LogP contribution in [0.1, 0.15) is 20.8 Å². The normalized spacial score (nSPS) is 16.6. The minimum Gasteiger partial charge on any atom is -0.336 e. The molecule has 2 aliphatic rings. The largest absolute Gasteiger partial charge is 0.336 e. The number of carbonyl (C=O) groups is 2. The molecule has 2 aliphatic heterocycles. The summed E-state index contributed by atoms with van der Waals surface area (Å²) in [6, 6.07) is 13.5. The van der Waals surface area contributed by atoms with E-state index in [1.54, 1.807) is 11.3 Å². The van der Waals surface area contributed by atoms with Crippen LogP contribution in [0.5, 0.6) is 0 Å². The number of amides is 2. The quantitative estimate of drug-likeness (QED) is 0.623. The number of rotatable bonds is 5. The number of anilines is 1. The smallest absolute Gasteiger partial charge is 0.257 e. The zero-order valence-corrected chi connectivity index (χ0v) is 19.5. The summed E-state index contributed by atoms with van der Waals surface area (Å²) in [6.07, 6.45) is 4.99. The van der Waals surface area contributed by atoms with E-state index in [4.69, 9.17) is 0 Å². The Kier molecular flexibility index (Phi) is 6.34. The second-order valence-electron chi connectivity index (χ2n) is 8.06.